The summed E-state index contributed by atoms with van der Waals surface area (Å²) >= 11 is 6.04. The Morgan fingerprint density at radius 3 is 2.58 bits per heavy atom. The van der Waals surface area contributed by atoms with E-state index in [2.05, 4.69) is 21.9 Å². The van der Waals surface area contributed by atoms with Crippen LogP contribution >= 0.6 is 11.6 Å². The zero-order valence-corrected chi connectivity index (χ0v) is 15.1. The molecular weight excluding hydrogens is 320 g/mol. The molecule has 4 rings (SSSR count). The summed E-state index contributed by atoms with van der Waals surface area (Å²) in [7, 11) is 0. The Morgan fingerprint density at radius 1 is 1.12 bits per heavy atom. The van der Waals surface area contributed by atoms with Crippen LogP contribution in [0.4, 0.5) is 0 Å². The Balaban J connectivity index is 1.36. The number of likely N-dealkylation sites (tertiary alicyclic amines) is 2. The van der Waals surface area contributed by atoms with E-state index in [9.17, 15) is 4.79 Å². The Kier molecular flexibility index (Phi) is 4.57. The second-order valence-corrected chi connectivity index (χ2v) is 8.41. The summed E-state index contributed by atoms with van der Waals surface area (Å²) in [4.78, 5) is 16.6. The predicted octanol–water partition coefficient (Wildman–Crippen LogP) is 3.71. The first-order valence-electron chi connectivity index (χ1n) is 9.41. The van der Waals surface area contributed by atoms with E-state index in [4.69, 9.17) is 11.6 Å². The van der Waals surface area contributed by atoms with Crippen molar-refractivity contribution >= 4 is 17.5 Å². The van der Waals surface area contributed by atoms with Gasteiger partial charge in [-0.05, 0) is 62.3 Å². The Bertz CT molecular complexity index is 596. The highest BCUT2D eigenvalue weighted by atomic mass is 35.5. The molecule has 130 valence electrons. The molecule has 1 aliphatic carbocycles. The van der Waals surface area contributed by atoms with Gasteiger partial charge in [0.2, 0.25) is 5.91 Å². The molecule has 3 aliphatic rings. The second-order valence-electron chi connectivity index (χ2n) is 7.97. The number of nitrogens with zero attached hydrogens (tertiary/aromatic N) is 2. The van der Waals surface area contributed by atoms with Crippen LogP contribution in [0.3, 0.4) is 0 Å². The normalized spacial score (nSPS) is 26.8. The number of amides is 1. The maximum absolute atomic E-state index is 11.9. The van der Waals surface area contributed by atoms with Gasteiger partial charge in [0, 0.05) is 43.0 Å². The van der Waals surface area contributed by atoms with Gasteiger partial charge in [-0.25, -0.2) is 0 Å². The third-order valence-electron chi connectivity index (χ3n) is 6.09. The van der Waals surface area contributed by atoms with E-state index in [1.807, 2.05) is 12.1 Å². The Hall–Kier alpha value is -1.06. The van der Waals surface area contributed by atoms with Crippen LogP contribution in [-0.2, 0) is 10.2 Å². The van der Waals surface area contributed by atoms with Crippen LogP contribution in [0.25, 0.3) is 0 Å². The van der Waals surface area contributed by atoms with Gasteiger partial charge >= 0.3 is 0 Å². The van der Waals surface area contributed by atoms with Crippen molar-refractivity contribution in [1.82, 2.24) is 9.80 Å². The molecule has 4 heteroatoms. The van der Waals surface area contributed by atoms with E-state index >= 15 is 0 Å². The van der Waals surface area contributed by atoms with E-state index in [0.717, 1.165) is 37.5 Å². The van der Waals surface area contributed by atoms with Crippen molar-refractivity contribution in [3.63, 3.8) is 0 Å². The summed E-state index contributed by atoms with van der Waals surface area (Å²) in [5, 5.41) is 0.822. The fourth-order valence-electron chi connectivity index (χ4n) is 4.57. The lowest BCUT2D eigenvalue weighted by molar-refractivity contribution is -0.128. The van der Waals surface area contributed by atoms with Crippen LogP contribution < -0.4 is 0 Å². The number of carbonyl (C=O) groups is 1. The SMILES string of the molecule is O=C1CCCN1C[C@H]1CCCN(CC2(c3ccc(Cl)cc3)CC2)C1. The zero-order chi connectivity index (χ0) is 16.6. The van der Waals surface area contributed by atoms with Gasteiger partial charge in [0.25, 0.3) is 0 Å². The van der Waals surface area contributed by atoms with Crippen LogP contribution in [0.2, 0.25) is 5.02 Å². The summed E-state index contributed by atoms with van der Waals surface area (Å²) in [6.07, 6.45) is 6.93. The van der Waals surface area contributed by atoms with Gasteiger partial charge in [-0.3, -0.25) is 4.79 Å². The van der Waals surface area contributed by atoms with Crippen LogP contribution in [0, 0.1) is 5.92 Å². The summed E-state index contributed by atoms with van der Waals surface area (Å²) < 4.78 is 0. The Morgan fingerprint density at radius 2 is 1.92 bits per heavy atom. The van der Waals surface area contributed by atoms with Gasteiger partial charge in [-0.2, -0.15) is 0 Å². The van der Waals surface area contributed by atoms with Crippen LogP contribution in [-0.4, -0.2) is 48.4 Å². The molecule has 0 N–H and O–H groups in total. The van der Waals surface area contributed by atoms with Crippen molar-refractivity contribution < 1.29 is 4.79 Å². The number of halogens is 1. The van der Waals surface area contributed by atoms with E-state index in [-0.39, 0.29) is 0 Å². The standard InChI is InChI=1S/C20H27ClN2O/c21-18-7-5-17(6-8-18)20(9-10-20)15-22-11-1-3-16(13-22)14-23-12-2-4-19(23)24/h5-8,16H,1-4,9-15H2/t16-/m0/s1. The first-order chi connectivity index (χ1) is 11.6. The molecular formula is C20H27ClN2O. The van der Waals surface area contributed by atoms with Crippen LogP contribution in [0.1, 0.15) is 44.1 Å². The highest BCUT2D eigenvalue weighted by molar-refractivity contribution is 6.30. The molecule has 0 bridgehead atoms. The third-order valence-corrected chi connectivity index (χ3v) is 6.34. The highest BCUT2D eigenvalue weighted by Gasteiger charge is 2.45. The van der Waals surface area contributed by atoms with Gasteiger partial charge in [0.1, 0.15) is 0 Å². The summed E-state index contributed by atoms with van der Waals surface area (Å²) in [5.41, 5.74) is 1.80. The summed E-state index contributed by atoms with van der Waals surface area (Å²) in [6, 6.07) is 8.46. The molecule has 1 aromatic carbocycles. The van der Waals surface area contributed by atoms with Crippen molar-refractivity contribution in [2.45, 2.75) is 43.9 Å². The minimum atomic E-state index is 0.357. The smallest absolute Gasteiger partial charge is 0.222 e. The highest BCUT2D eigenvalue weighted by Crippen LogP contribution is 2.49. The number of carbonyl (C=O) groups excluding carboxylic acids is 1. The largest absolute Gasteiger partial charge is 0.342 e. The fourth-order valence-corrected chi connectivity index (χ4v) is 4.70. The molecule has 3 fully saturated rings. The van der Waals surface area contributed by atoms with Crippen molar-refractivity contribution in [2.24, 2.45) is 5.92 Å². The number of rotatable bonds is 5. The average molecular weight is 347 g/mol. The van der Waals surface area contributed by atoms with Crippen molar-refractivity contribution in [3.05, 3.63) is 34.9 Å². The lowest BCUT2D eigenvalue weighted by atomic mass is 9.92. The summed E-state index contributed by atoms with van der Waals surface area (Å²) in [6.45, 7) is 5.48. The molecule has 1 aromatic rings. The number of benzene rings is 1. The molecule has 1 saturated carbocycles. The third kappa shape index (κ3) is 3.48. The molecule has 1 amide bonds. The maximum Gasteiger partial charge on any atom is 0.222 e. The number of hydrogen-bond donors (Lipinski definition) is 0. The fraction of sp³-hybridized carbons (Fsp3) is 0.650. The van der Waals surface area contributed by atoms with Gasteiger partial charge in [-0.1, -0.05) is 23.7 Å². The topological polar surface area (TPSA) is 23.6 Å². The quantitative estimate of drug-likeness (QED) is 0.811. The van der Waals surface area contributed by atoms with Gasteiger partial charge in [0.05, 0.1) is 0 Å². The van der Waals surface area contributed by atoms with Crippen molar-refractivity contribution in [1.29, 1.82) is 0 Å². The molecule has 3 nitrogen and oxygen atoms in total. The van der Waals surface area contributed by atoms with Gasteiger partial charge < -0.3 is 9.80 Å². The van der Waals surface area contributed by atoms with E-state index in [1.54, 1.807) is 0 Å². The number of hydrogen-bond acceptors (Lipinski definition) is 2. The lowest BCUT2D eigenvalue weighted by Gasteiger charge is -2.36. The Labute approximate surface area is 150 Å². The summed E-state index contributed by atoms with van der Waals surface area (Å²) in [5.74, 6) is 1.02. The molecule has 2 aliphatic heterocycles. The molecule has 0 radical (unpaired) electrons. The average Bonchev–Trinajstić information content (AvgIpc) is 3.25. The zero-order valence-electron chi connectivity index (χ0n) is 14.3. The van der Waals surface area contributed by atoms with E-state index in [0.29, 0.717) is 17.2 Å². The number of piperidine rings is 1. The lowest BCUT2D eigenvalue weighted by Crippen LogP contribution is -2.44. The molecule has 1 atom stereocenters. The molecule has 0 spiro atoms. The van der Waals surface area contributed by atoms with Crippen molar-refractivity contribution in [3.8, 4) is 0 Å². The maximum atomic E-state index is 11.9. The minimum Gasteiger partial charge on any atom is -0.342 e. The van der Waals surface area contributed by atoms with Gasteiger partial charge in [0.15, 0.2) is 0 Å². The molecule has 2 heterocycles. The first kappa shape index (κ1) is 16.4. The predicted molar refractivity (Wildman–Crippen MR) is 97.3 cm³/mol. The molecule has 0 aromatic heterocycles. The second kappa shape index (κ2) is 6.68. The van der Waals surface area contributed by atoms with E-state index < -0.39 is 0 Å². The van der Waals surface area contributed by atoms with Crippen LogP contribution in [0.5, 0.6) is 0 Å². The van der Waals surface area contributed by atoms with Crippen molar-refractivity contribution in [2.75, 3.05) is 32.7 Å². The monoisotopic (exact) mass is 346 g/mol. The molecule has 24 heavy (non-hydrogen) atoms. The minimum absolute atomic E-state index is 0.357. The first-order valence-corrected chi connectivity index (χ1v) is 9.79. The van der Waals surface area contributed by atoms with E-state index in [1.165, 1.54) is 44.3 Å². The van der Waals surface area contributed by atoms with Gasteiger partial charge in [-0.15, -0.1) is 0 Å². The molecule has 2 saturated heterocycles. The molecule has 0 unspecified atom stereocenters. The van der Waals surface area contributed by atoms with Crippen LogP contribution in [0.15, 0.2) is 24.3 Å².